The molecule has 0 spiro atoms. The lowest BCUT2D eigenvalue weighted by molar-refractivity contribution is 0.483. The van der Waals surface area contributed by atoms with Crippen molar-refractivity contribution in [3.05, 3.63) is 11.3 Å². The van der Waals surface area contributed by atoms with E-state index < -0.39 is 0 Å². The Labute approximate surface area is 123 Å². The second kappa shape index (κ2) is 6.17. The van der Waals surface area contributed by atoms with E-state index in [0.717, 1.165) is 18.8 Å². The molecule has 0 aromatic carbocycles. The van der Waals surface area contributed by atoms with Gasteiger partial charge in [0, 0.05) is 37.8 Å². The van der Waals surface area contributed by atoms with Gasteiger partial charge in [0.15, 0.2) is 0 Å². The third kappa shape index (κ3) is 3.00. The van der Waals surface area contributed by atoms with E-state index in [0.29, 0.717) is 18.0 Å². The maximum atomic E-state index is 4.66. The zero-order valence-corrected chi connectivity index (χ0v) is 13.9. The second-order valence-electron chi connectivity index (χ2n) is 6.69. The van der Waals surface area contributed by atoms with Crippen LogP contribution in [-0.4, -0.2) is 28.4 Å². The fourth-order valence-electron chi connectivity index (χ4n) is 3.31. The zero-order valence-electron chi connectivity index (χ0n) is 13.9. The molecular formula is C16H30N4. The van der Waals surface area contributed by atoms with Crippen LogP contribution in [0.5, 0.6) is 0 Å². The van der Waals surface area contributed by atoms with Crippen molar-refractivity contribution in [2.45, 2.75) is 66.1 Å². The molecule has 0 radical (unpaired) electrons. The Morgan fingerprint density at radius 2 is 2.00 bits per heavy atom. The number of rotatable bonds is 5. The van der Waals surface area contributed by atoms with Crippen LogP contribution in [0.2, 0.25) is 0 Å². The molecule has 1 atom stereocenters. The Kier molecular flexibility index (Phi) is 4.74. The van der Waals surface area contributed by atoms with Crippen LogP contribution in [0.15, 0.2) is 0 Å². The summed E-state index contributed by atoms with van der Waals surface area (Å²) in [6.07, 6.45) is 2.60. The lowest BCUT2D eigenvalue weighted by Crippen LogP contribution is -2.36. The van der Waals surface area contributed by atoms with Crippen LogP contribution >= 0.6 is 0 Å². The Morgan fingerprint density at radius 3 is 2.60 bits per heavy atom. The van der Waals surface area contributed by atoms with Gasteiger partial charge in [-0.25, -0.2) is 0 Å². The molecule has 1 unspecified atom stereocenters. The van der Waals surface area contributed by atoms with E-state index >= 15 is 0 Å². The summed E-state index contributed by atoms with van der Waals surface area (Å²) in [6, 6.07) is 1.16. The SMILES string of the molecule is Cc1nn(C)c(N2CCCC2C(C)C)c1CNC(C)C. The average Bonchev–Trinajstić information content (AvgIpc) is 2.90. The first-order chi connectivity index (χ1) is 9.41. The van der Waals surface area contributed by atoms with E-state index in [2.05, 4.69) is 61.7 Å². The van der Waals surface area contributed by atoms with Gasteiger partial charge in [-0.05, 0) is 25.7 Å². The molecule has 114 valence electrons. The predicted molar refractivity (Wildman–Crippen MR) is 85.1 cm³/mol. The highest BCUT2D eigenvalue weighted by molar-refractivity contribution is 5.52. The lowest BCUT2D eigenvalue weighted by atomic mass is 10.0. The summed E-state index contributed by atoms with van der Waals surface area (Å²) in [4.78, 5) is 2.59. The Bertz CT molecular complexity index is 448. The molecule has 0 aliphatic carbocycles. The summed E-state index contributed by atoms with van der Waals surface area (Å²) in [5, 5.41) is 8.21. The van der Waals surface area contributed by atoms with Gasteiger partial charge in [-0.15, -0.1) is 0 Å². The van der Waals surface area contributed by atoms with E-state index in [1.807, 2.05) is 0 Å². The molecule has 1 aliphatic heterocycles. The molecule has 1 aromatic rings. The molecule has 1 N–H and O–H groups in total. The molecule has 4 heteroatoms. The first kappa shape index (κ1) is 15.4. The minimum Gasteiger partial charge on any atom is -0.353 e. The van der Waals surface area contributed by atoms with Crippen molar-refractivity contribution in [3.63, 3.8) is 0 Å². The standard InChI is InChI=1S/C16H30N4/c1-11(2)15-8-7-9-20(15)16-14(10-17-12(3)4)13(5)18-19(16)6/h11-12,15,17H,7-10H2,1-6H3. The van der Waals surface area contributed by atoms with Crippen molar-refractivity contribution in [3.8, 4) is 0 Å². The fourth-order valence-corrected chi connectivity index (χ4v) is 3.31. The van der Waals surface area contributed by atoms with Crippen molar-refractivity contribution >= 4 is 5.82 Å². The first-order valence-corrected chi connectivity index (χ1v) is 7.94. The smallest absolute Gasteiger partial charge is 0.131 e. The van der Waals surface area contributed by atoms with Crippen molar-refractivity contribution in [2.75, 3.05) is 11.4 Å². The summed E-state index contributed by atoms with van der Waals surface area (Å²) < 4.78 is 2.08. The molecule has 2 heterocycles. The quantitative estimate of drug-likeness (QED) is 0.899. The van der Waals surface area contributed by atoms with Crippen LogP contribution in [0.3, 0.4) is 0 Å². The van der Waals surface area contributed by atoms with Gasteiger partial charge >= 0.3 is 0 Å². The van der Waals surface area contributed by atoms with Gasteiger partial charge in [-0.1, -0.05) is 27.7 Å². The van der Waals surface area contributed by atoms with E-state index in [1.54, 1.807) is 0 Å². The summed E-state index contributed by atoms with van der Waals surface area (Å²) in [5.41, 5.74) is 2.53. The number of hydrogen-bond acceptors (Lipinski definition) is 3. The maximum absolute atomic E-state index is 4.66. The molecule has 0 saturated carbocycles. The topological polar surface area (TPSA) is 33.1 Å². The fraction of sp³-hybridized carbons (Fsp3) is 0.812. The van der Waals surface area contributed by atoms with Gasteiger partial charge < -0.3 is 10.2 Å². The number of aromatic nitrogens is 2. The maximum Gasteiger partial charge on any atom is 0.131 e. The highest BCUT2D eigenvalue weighted by Crippen LogP contribution is 2.33. The molecule has 4 nitrogen and oxygen atoms in total. The summed E-state index contributed by atoms with van der Waals surface area (Å²) >= 11 is 0. The van der Waals surface area contributed by atoms with Gasteiger partial charge in [0.25, 0.3) is 0 Å². The first-order valence-electron chi connectivity index (χ1n) is 7.94. The van der Waals surface area contributed by atoms with Crippen LogP contribution in [0, 0.1) is 12.8 Å². The molecular weight excluding hydrogens is 248 g/mol. The van der Waals surface area contributed by atoms with Crippen LogP contribution in [-0.2, 0) is 13.6 Å². The molecule has 0 bridgehead atoms. The van der Waals surface area contributed by atoms with Gasteiger partial charge in [-0.2, -0.15) is 5.10 Å². The van der Waals surface area contributed by atoms with Crippen LogP contribution < -0.4 is 10.2 Å². The normalized spacial score (nSPS) is 19.6. The highest BCUT2D eigenvalue weighted by atomic mass is 15.4. The van der Waals surface area contributed by atoms with Crippen molar-refractivity contribution < 1.29 is 0 Å². The molecule has 2 rings (SSSR count). The van der Waals surface area contributed by atoms with E-state index in [-0.39, 0.29) is 0 Å². The summed E-state index contributed by atoms with van der Waals surface area (Å²) in [6.45, 7) is 13.2. The average molecular weight is 278 g/mol. The molecule has 20 heavy (non-hydrogen) atoms. The van der Waals surface area contributed by atoms with Gasteiger partial charge in [-0.3, -0.25) is 4.68 Å². The van der Waals surface area contributed by atoms with E-state index in [4.69, 9.17) is 0 Å². The van der Waals surface area contributed by atoms with Gasteiger partial charge in [0.05, 0.1) is 5.69 Å². The molecule has 1 aliphatic rings. The molecule has 1 fully saturated rings. The van der Waals surface area contributed by atoms with Crippen LogP contribution in [0.4, 0.5) is 5.82 Å². The minimum absolute atomic E-state index is 0.502. The zero-order chi connectivity index (χ0) is 14.9. The third-order valence-electron chi connectivity index (χ3n) is 4.34. The van der Waals surface area contributed by atoms with Crippen LogP contribution in [0.25, 0.3) is 0 Å². The van der Waals surface area contributed by atoms with Crippen molar-refractivity contribution in [2.24, 2.45) is 13.0 Å². The molecule has 1 saturated heterocycles. The Balaban J connectivity index is 2.30. The van der Waals surface area contributed by atoms with Crippen molar-refractivity contribution in [1.82, 2.24) is 15.1 Å². The van der Waals surface area contributed by atoms with E-state index in [1.165, 1.54) is 24.2 Å². The third-order valence-corrected chi connectivity index (χ3v) is 4.34. The molecule has 0 amide bonds. The number of aryl methyl sites for hydroxylation is 2. The number of nitrogens with one attached hydrogen (secondary N) is 1. The minimum atomic E-state index is 0.502. The predicted octanol–water partition coefficient (Wildman–Crippen LogP) is 2.85. The van der Waals surface area contributed by atoms with Crippen molar-refractivity contribution in [1.29, 1.82) is 0 Å². The van der Waals surface area contributed by atoms with Gasteiger partial charge in [0.1, 0.15) is 5.82 Å². The number of anilines is 1. The summed E-state index contributed by atoms with van der Waals surface area (Å²) in [5.74, 6) is 2.02. The number of hydrogen-bond donors (Lipinski definition) is 1. The van der Waals surface area contributed by atoms with Gasteiger partial charge in [0.2, 0.25) is 0 Å². The Hall–Kier alpha value is -1.03. The Morgan fingerprint density at radius 1 is 1.30 bits per heavy atom. The van der Waals surface area contributed by atoms with Crippen LogP contribution in [0.1, 0.15) is 51.8 Å². The monoisotopic (exact) mass is 278 g/mol. The molecule has 1 aromatic heterocycles. The summed E-state index contributed by atoms with van der Waals surface area (Å²) in [7, 11) is 2.08. The largest absolute Gasteiger partial charge is 0.353 e. The highest BCUT2D eigenvalue weighted by Gasteiger charge is 2.31. The van der Waals surface area contributed by atoms with E-state index in [9.17, 15) is 0 Å². The lowest BCUT2D eigenvalue weighted by Gasteiger charge is -2.30. The number of nitrogens with zero attached hydrogens (tertiary/aromatic N) is 3. The second-order valence-corrected chi connectivity index (χ2v) is 6.69.